The van der Waals surface area contributed by atoms with Crippen molar-refractivity contribution in [1.82, 2.24) is 16.0 Å². The first kappa shape index (κ1) is 31.5. The number of carbonyl (C=O) groups is 4. The molecule has 13 heteroatoms. The molecule has 5 atom stereocenters. The van der Waals surface area contributed by atoms with Gasteiger partial charge in [0.25, 0.3) is 0 Å². The summed E-state index contributed by atoms with van der Waals surface area (Å²) in [6.07, 6.45) is 3.04. The maximum atomic E-state index is 13.0. The summed E-state index contributed by atoms with van der Waals surface area (Å²) in [5.74, 6) is -2.13. The number of carboxylic acids is 1. The molecule has 11 nitrogen and oxygen atoms in total. The normalized spacial score (nSPS) is 15.1. The van der Waals surface area contributed by atoms with Crippen LogP contribution >= 0.6 is 23.5 Å². The minimum Gasteiger partial charge on any atom is -0.508 e. The molecule has 36 heavy (non-hydrogen) atoms. The van der Waals surface area contributed by atoms with Crippen LogP contribution in [0.4, 0.5) is 0 Å². The summed E-state index contributed by atoms with van der Waals surface area (Å²) in [7, 11) is 0. The Kier molecular flexibility index (Phi) is 14.3. The highest BCUT2D eigenvalue weighted by Gasteiger charge is 2.30. The number of rotatable bonds is 16. The fourth-order valence-corrected chi connectivity index (χ4v) is 4.05. The van der Waals surface area contributed by atoms with Gasteiger partial charge in [-0.3, -0.25) is 14.4 Å². The number of aliphatic hydroxyl groups is 1. The van der Waals surface area contributed by atoms with Gasteiger partial charge in [0.1, 0.15) is 29.9 Å². The molecule has 1 aromatic carbocycles. The molecule has 8 N–H and O–H groups in total. The smallest absolute Gasteiger partial charge is 0.326 e. The number of aliphatic hydroxyl groups excluding tert-OH is 1. The SMILES string of the molecule is CSCCC(NC(=O)C(CCSC)NC(=O)C(N)C(C)O)C(=O)NC(Cc1ccc(O)cc1)C(=O)O. The van der Waals surface area contributed by atoms with E-state index in [9.17, 15) is 34.5 Å². The molecular weight excluding hydrogens is 508 g/mol. The van der Waals surface area contributed by atoms with E-state index in [-0.39, 0.29) is 25.0 Å². The number of aliphatic carboxylic acids is 1. The largest absolute Gasteiger partial charge is 0.508 e. The molecular formula is C23H36N4O7S2. The Hall–Kier alpha value is -2.48. The number of thioether (sulfide) groups is 2. The molecule has 202 valence electrons. The molecule has 0 saturated heterocycles. The van der Waals surface area contributed by atoms with Gasteiger partial charge in [-0.25, -0.2) is 4.79 Å². The predicted octanol–water partition coefficient (Wildman–Crippen LogP) is -0.312. The van der Waals surface area contributed by atoms with Crippen LogP contribution in [-0.4, -0.2) is 93.3 Å². The Bertz CT molecular complexity index is 871. The first-order valence-electron chi connectivity index (χ1n) is 11.3. The summed E-state index contributed by atoms with van der Waals surface area (Å²) >= 11 is 2.92. The number of carboxylic acid groups (broad SMARTS) is 1. The quantitative estimate of drug-likeness (QED) is 0.145. The van der Waals surface area contributed by atoms with Gasteiger partial charge in [0.05, 0.1) is 6.10 Å². The van der Waals surface area contributed by atoms with E-state index >= 15 is 0 Å². The van der Waals surface area contributed by atoms with Gasteiger partial charge in [0.2, 0.25) is 17.7 Å². The fraction of sp³-hybridized carbons (Fsp3) is 0.565. The lowest BCUT2D eigenvalue weighted by atomic mass is 10.0. The third-order valence-electron chi connectivity index (χ3n) is 5.30. The number of hydrogen-bond acceptors (Lipinski definition) is 9. The summed E-state index contributed by atoms with van der Waals surface area (Å²) in [5, 5.41) is 36.3. The maximum Gasteiger partial charge on any atom is 0.326 e. The number of benzene rings is 1. The Morgan fingerprint density at radius 2 is 1.31 bits per heavy atom. The molecule has 0 bridgehead atoms. The van der Waals surface area contributed by atoms with Gasteiger partial charge in [-0.15, -0.1) is 0 Å². The highest BCUT2D eigenvalue weighted by atomic mass is 32.2. The molecule has 0 aliphatic carbocycles. The zero-order valence-electron chi connectivity index (χ0n) is 20.6. The number of aromatic hydroxyl groups is 1. The van der Waals surface area contributed by atoms with Gasteiger partial charge in [-0.05, 0) is 61.5 Å². The molecule has 0 fully saturated rings. The number of phenols is 1. The van der Waals surface area contributed by atoms with Crippen LogP contribution in [0.1, 0.15) is 25.3 Å². The van der Waals surface area contributed by atoms with Crippen molar-refractivity contribution in [2.45, 2.75) is 56.5 Å². The van der Waals surface area contributed by atoms with E-state index < -0.39 is 54.0 Å². The van der Waals surface area contributed by atoms with E-state index in [0.717, 1.165) is 0 Å². The lowest BCUT2D eigenvalue weighted by Crippen LogP contribution is -2.58. The van der Waals surface area contributed by atoms with Crippen LogP contribution in [0.5, 0.6) is 5.75 Å². The fourth-order valence-electron chi connectivity index (χ4n) is 3.11. The first-order chi connectivity index (χ1) is 17.0. The van der Waals surface area contributed by atoms with E-state index in [2.05, 4.69) is 16.0 Å². The average molecular weight is 545 g/mol. The predicted molar refractivity (Wildman–Crippen MR) is 141 cm³/mol. The van der Waals surface area contributed by atoms with Crippen LogP contribution in [0.15, 0.2) is 24.3 Å². The monoisotopic (exact) mass is 544 g/mol. The van der Waals surface area contributed by atoms with Gasteiger partial charge in [-0.2, -0.15) is 23.5 Å². The van der Waals surface area contributed by atoms with Crippen LogP contribution in [0.25, 0.3) is 0 Å². The molecule has 0 aliphatic heterocycles. The molecule has 5 unspecified atom stereocenters. The van der Waals surface area contributed by atoms with Crippen molar-refractivity contribution < 1.29 is 34.5 Å². The van der Waals surface area contributed by atoms with Crippen molar-refractivity contribution >= 4 is 47.2 Å². The minimum atomic E-state index is -1.26. The Morgan fingerprint density at radius 1 is 0.861 bits per heavy atom. The van der Waals surface area contributed by atoms with Crippen LogP contribution < -0.4 is 21.7 Å². The summed E-state index contributed by atoms with van der Waals surface area (Å²) < 4.78 is 0. The Morgan fingerprint density at radius 3 is 1.72 bits per heavy atom. The van der Waals surface area contributed by atoms with Gasteiger partial charge in [-0.1, -0.05) is 12.1 Å². The van der Waals surface area contributed by atoms with Crippen molar-refractivity contribution in [2.24, 2.45) is 5.73 Å². The van der Waals surface area contributed by atoms with Crippen LogP contribution in [0.2, 0.25) is 0 Å². The number of phenolic OH excluding ortho intramolecular Hbond substituents is 1. The van der Waals surface area contributed by atoms with E-state index in [1.54, 1.807) is 12.1 Å². The Labute approximate surface area is 219 Å². The van der Waals surface area contributed by atoms with Crippen molar-refractivity contribution in [2.75, 3.05) is 24.0 Å². The molecule has 0 spiro atoms. The number of amides is 3. The van der Waals surface area contributed by atoms with Crippen molar-refractivity contribution in [3.8, 4) is 5.75 Å². The topological polar surface area (TPSA) is 191 Å². The van der Waals surface area contributed by atoms with Gasteiger partial charge >= 0.3 is 5.97 Å². The molecule has 1 aromatic rings. The van der Waals surface area contributed by atoms with E-state index in [1.165, 1.54) is 42.6 Å². The zero-order valence-corrected chi connectivity index (χ0v) is 22.2. The number of nitrogens with two attached hydrogens (primary N) is 1. The van der Waals surface area contributed by atoms with Crippen LogP contribution in [0, 0.1) is 0 Å². The zero-order chi connectivity index (χ0) is 27.3. The molecule has 0 aliphatic rings. The van der Waals surface area contributed by atoms with E-state index in [1.807, 2.05) is 12.5 Å². The molecule has 0 saturated carbocycles. The maximum absolute atomic E-state index is 13.0. The standard InChI is InChI=1S/C23H36N4O7S2/c1-13(28)19(24)22(32)26-17(9-11-36-3)20(30)25-16(8-10-35-2)21(31)27-18(23(33)34)12-14-4-6-15(29)7-5-14/h4-7,13,16-19,28-29H,8-12,24H2,1-3H3,(H,25,30)(H,26,32)(H,27,31)(H,33,34). The highest BCUT2D eigenvalue weighted by Crippen LogP contribution is 2.12. The number of carbonyl (C=O) groups excluding carboxylic acids is 3. The van der Waals surface area contributed by atoms with Gasteiger partial charge in [0, 0.05) is 6.42 Å². The molecule has 0 heterocycles. The van der Waals surface area contributed by atoms with Crippen molar-refractivity contribution in [3.05, 3.63) is 29.8 Å². The van der Waals surface area contributed by atoms with E-state index in [4.69, 9.17) is 5.73 Å². The van der Waals surface area contributed by atoms with E-state index in [0.29, 0.717) is 17.1 Å². The molecule has 3 amide bonds. The summed E-state index contributed by atoms with van der Waals surface area (Å²) in [4.78, 5) is 50.2. The number of hydrogen-bond donors (Lipinski definition) is 7. The molecule has 0 aromatic heterocycles. The molecule has 0 radical (unpaired) electrons. The summed E-state index contributed by atoms with van der Waals surface area (Å²) in [6, 6.07) is 1.45. The first-order valence-corrected chi connectivity index (χ1v) is 14.1. The lowest BCUT2D eigenvalue weighted by Gasteiger charge is -2.25. The van der Waals surface area contributed by atoms with Gasteiger partial charge in [0.15, 0.2) is 0 Å². The van der Waals surface area contributed by atoms with Crippen molar-refractivity contribution in [1.29, 1.82) is 0 Å². The third kappa shape index (κ3) is 11.1. The van der Waals surface area contributed by atoms with Crippen LogP contribution in [0.3, 0.4) is 0 Å². The minimum absolute atomic E-state index is 0.0197. The highest BCUT2D eigenvalue weighted by molar-refractivity contribution is 7.98. The lowest BCUT2D eigenvalue weighted by molar-refractivity contribution is -0.142. The average Bonchev–Trinajstić information content (AvgIpc) is 2.83. The Balaban J connectivity index is 2.98. The van der Waals surface area contributed by atoms with Gasteiger partial charge < -0.3 is 37.0 Å². The number of nitrogens with one attached hydrogen (secondary N) is 3. The third-order valence-corrected chi connectivity index (χ3v) is 6.59. The van der Waals surface area contributed by atoms with Crippen molar-refractivity contribution in [3.63, 3.8) is 0 Å². The molecule has 1 rings (SSSR count). The summed E-state index contributed by atoms with van der Waals surface area (Å²) in [5.41, 5.74) is 6.27. The second-order valence-corrected chi connectivity index (χ2v) is 10.2. The second-order valence-electron chi connectivity index (χ2n) is 8.22. The van der Waals surface area contributed by atoms with Crippen LogP contribution in [-0.2, 0) is 25.6 Å². The summed E-state index contributed by atoms with van der Waals surface area (Å²) in [6.45, 7) is 1.36. The second kappa shape index (κ2) is 16.3.